The van der Waals surface area contributed by atoms with Gasteiger partial charge in [-0.2, -0.15) is 0 Å². The van der Waals surface area contributed by atoms with E-state index in [1.807, 2.05) is 0 Å². The molecule has 358 valence electrons. The summed E-state index contributed by atoms with van der Waals surface area (Å²) in [5, 5.41) is 0. The number of esters is 1. The molecule has 0 aromatic carbocycles. The van der Waals surface area contributed by atoms with E-state index in [1.165, 1.54) is 218 Å². The Morgan fingerprint density at radius 2 is 0.833 bits per heavy atom. The van der Waals surface area contributed by atoms with Crippen LogP contribution in [-0.4, -0.2) is 49.9 Å². The molecule has 60 heavy (non-hydrogen) atoms. The molecule has 0 rings (SSSR count). The van der Waals surface area contributed by atoms with Crippen molar-refractivity contribution in [2.75, 3.05) is 33.0 Å². The summed E-state index contributed by atoms with van der Waals surface area (Å²) in [6.45, 7) is 4.97. The van der Waals surface area contributed by atoms with Crippen LogP contribution in [0.1, 0.15) is 271 Å². The Balaban J connectivity index is 3.85. The summed E-state index contributed by atoms with van der Waals surface area (Å²) in [7, 11) is -4.28. The average Bonchev–Trinajstić information content (AvgIpc) is 3.24. The molecule has 3 N–H and O–H groups in total. The average molecular weight is 872 g/mol. The van der Waals surface area contributed by atoms with Crippen molar-refractivity contribution in [3.63, 3.8) is 0 Å². The van der Waals surface area contributed by atoms with Crippen LogP contribution in [0.25, 0.3) is 0 Å². The van der Waals surface area contributed by atoms with Crippen LogP contribution in [0.3, 0.4) is 0 Å². The lowest BCUT2D eigenvalue weighted by Crippen LogP contribution is -2.28. The van der Waals surface area contributed by atoms with Crippen LogP contribution in [0.15, 0.2) is 12.2 Å². The van der Waals surface area contributed by atoms with Crippen molar-refractivity contribution in [3.8, 4) is 0 Å². The second kappa shape index (κ2) is 49.3. The van der Waals surface area contributed by atoms with Crippen molar-refractivity contribution in [1.82, 2.24) is 0 Å². The maximum atomic E-state index is 12.7. The molecule has 0 amide bonds. The van der Waals surface area contributed by atoms with E-state index in [1.54, 1.807) is 0 Å². The lowest BCUT2D eigenvalue weighted by atomic mass is 10.0. The predicted molar refractivity (Wildman–Crippen MR) is 257 cm³/mol. The van der Waals surface area contributed by atoms with Crippen molar-refractivity contribution in [1.29, 1.82) is 0 Å². The molecule has 2 atom stereocenters. The van der Waals surface area contributed by atoms with Gasteiger partial charge in [0.05, 0.1) is 19.8 Å². The van der Waals surface area contributed by atoms with Gasteiger partial charge in [0.15, 0.2) is 0 Å². The van der Waals surface area contributed by atoms with Gasteiger partial charge in [-0.1, -0.05) is 238 Å². The molecule has 9 heteroatoms. The van der Waals surface area contributed by atoms with Crippen LogP contribution in [0, 0.1) is 0 Å². The summed E-state index contributed by atoms with van der Waals surface area (Å²) in [5.74, 6) is -0.325. The molecule has 0 saturated carbocycles. The summed E-state index contributed by atoms with van der Waals surface area (Å²) in [6, 6.07) is 0. The van der Waals surface area contributed by atoms with Crippen molar-refractivity contribution < 1.29 is 32.8 Å². The highest BCUT2D eigenvalue weighted by Gasteiger charge is 2.25. The Morgan fingerprint density at radius 3 is 1.22 bits per heavy atom. The van der Waals surface area contributed by atoms with E-state index in [2.05, 4.69) is 26.0 Å². The lowest BCUT2D eigenvalue weighted by molar-refractivity contribution is -0.154. The fraction of sp³-hybridized carbons (Fsp3) is 0.941. The highest BCUT2D eigenvalue weighted by atomic mass is 31.2. The number of rotatable bonds is 51. The summed E-state index contributed by atoms with van der Waals surface area (Å²) < 4.78 is 33.6. The van der Waals surface area contributed by atoms with Crippen molar-refractivity contribution in [2.45, 2.75) is 277 Å². The second-order valence-corrected chi connectivity index (χ2v) is 19.2. The van der Waals surface area contributed by atoms with Crippen molar-refractivity contribution in [3.05, 3.63) is 12.2 Å². The van der Waals surface area contributed by atoms with E-state index in [4.69, 9.17) is 24.3 Å². The Hall–Kier alpha value is -0.760. The Morgan fingerprint density at radius 1 is 0.483 bits per heavy atom. The molecule has 0 aliphatic carbocycles. The zero-order valence-corrected chi connectivity index (χ0v) is 40.9. The van der Waals surface area contributed by atoms with Gasteiger partial charge in [-0.05, 0) is 38.5 Å². The molecule has 0 aliphatic rings. The largest absolute Gasteiger partial charge is 0.472 e. The van der Waals surface area contributed by atoms with Crippen LogP contribution in [0.2, 0.25) is 0 Å². The van der Waals surface area contributed by atoms with Gasteiger partial charge in [0.25, 0.3) is 0 Å². The third-order valence-electron chi connectivity index (χ3n) is 11.7. The number of phosphoric ester groups is 1. The zero-order chi connectivity index (χ0) is 43.7. The molecule has 0 bridgehead atoms. The second-order valence-electron chi connectivity index (χ2n) is 17.7. The van der Waals surface area contributed by atoms with E-state index in [0.29, 0.717) is 13.0 Å². The number of phosphoric acid groups is 1. The minimum atomic E-state index is -4.28. The molecule has 0 radical (unpaired) electrons. The van der Waals surface area contributed by atoms with Crippen LogP contribution in [0.5, 0.6) is 0 Å². The minimum absolute atomic E-state index is 0.0930. The molecule has 8 nitrogen and oxygen atoms in total. The maximum Gasteiger partial charge on any atom is 0.472 e. The molecule has 2 unspecified atom stereocenters. The highest BCUT2D eigenvalue weighted by molar-refractivity contribution is 7.47. The normalized spacial score (nSPS) is 13.3. The third kappa shape index (κ3) is 48.3. The molecule has 0 aromatic heterocycles. The van der Waals surface area contributed by atoms with E-state index in [0.717, 1.165) is 32.1 Å². The fourth-order valence-corrected chi connectivity index (χ4v) is 8.58. The van der Waals surface area contributed by atoms with Gasteiger partial charge in [0, 0.05) is 19.6 Å². The van der Waals surface area contributed by atoms with E-state index < -0.39 is 13.9 Å². The quantitative estimate of drug-likeness (QED) is 0.0269. The number of carbonyl (C=O) groups is 1. The molecular formula is C51H102NO7P. The molecule has 0 heterocycles. The SMILES string of the molecule is CCCCCCCC/C=C\CCCCCCCCOCC(COP(=O)(O)OCCN)OC(=O)CCCCCCCCCCCCCCCCCCCCCCCCCCC. The molecule has 0 aliphatic heterocycles. The van der Waals surface area contributed by atoms with E-state index in [-0.39, 0.29) is 32.3 Å². The summed E-state index contributed by atoms with van der Waals surface area (Å²) in [5.41, 5.74) is 5.39. The first-order valence-electron chi connectivity index (χ1n) is 26.2. The number of allylic oxidation sites excluding steroid dienone is 2. The number of ether oxygens (including phenoxy) is 2. The fourth-order valence-electron chi connectivity index (χ4n) is 7.82. The summed E-state index contributed by atoms with van der Waals surface area (Å²) in [4.78, 5) is 22.6. The first-order chi connectivity index (χ1) is 29.4. The van der Waals surface area contributed by atoms with Gasteiger partial charge < -0.3 is 20.1 Å². The van der Waals surface area contributed by atoms with Gasteiger partial charge in [0.2, 0.25) is 0 Å². The van der Waals surface area contributed by atoms with Crippen LogP contribution < -0.4 is 5.73 Å². The van der Waals surface area contributed by atoms with Crippen LogP contribution >= 0.6 is 7.82 Å². The van der Waals surface area contributed by atoms with Gasteiger partial charge in [0.1, 0.15) is 6.10 Å². The van der Waals surface area contributed by atoms with E-state index in [9.17, 15) is 14.3 Å². The predicted octanol–water partition coefficient (Wildman–Crippen LogP) is 16.2. The Bertz CT molecular complexity index is 935. The number of unbranched alkanes of at least 4 members (excludes halogenated alkanes) is 36. The first kappa shape index (κ1) is 59.2. The zero-order valence-electron chi connectivity index (χ0n) is 40.0. The third-order valence-corrected chi connectivity index (χ3v) is 12.7. The molecular weight excluding hydrogens is 770 g/mol. The monoisotopic (exact) mass is 872 g/mol. The van der Waals surface area contributed by atoms with Gasteiger partial charge in [-0.15, -0.1) is 0 Å². The van der Waals surface area contributed by atoms with Crippen molar-refractivity contribution in [2.24, 2.45) is 5.73 Å². The molecule has 0 saturated heterocycles. The Kier molecular flexibility index (Phi) is 48.6. The maximum absolute atomic E-state index is 12.7. The smallest absolute Gasteiger partial charge is 0.457 e. The molecule has 0 fully saturated rings. The summed E-state index contributed by atoms with van der Waals surface area (Å²) in [6.07, 6.45) is 55.4. The standard InChI is InChI=1S/C51H102NO7P/c1-3-5-7-9-11-13-15-17-19-21-22-23-24-25-26-27-28-29-30-32-34-36-38-40-42-44-51(53)59-50(49-58-60(54,55)57-47-45-52)48-56-46-43-41-39-37-35-33-31-20-18-16-14-12-10-8-6-4-2/h18,20,50H,3-17,19,21-49,52H2,1-2H3,(H,54,55)/b20-18-. The molecule has 0 spiro atoms. The van der Waals surface area contributed by atoms with E-state index >= 15 is 0 Å². The number of hydrogen-bond donors (Lipinski definition) is 2. The van der Waals surface area contributed by atoms with Crippen LogP contribution in [0.4, 0.5) is 0 Å². The number of hydrogen-bond acceptors (Lipinski definition) is 7. The summed E-state index contributed by atoms with van der Waals surface area (Å²) >= 11 is 0. The van der Waals surface area contributed by atoms with Gasteiger partial charge in [-0.3, -0.25) is 13.8 Å². The number of nitrogens with two attached hydrogens (primary N) is 1. The van der Waals surface area contributed by atoms with Gasteiger partial charge >= 0.3 is 13.8 Å². The topological polar surface area (TPSA) is 117 Å². The Labute approximate surface area is 373 Å². The van der Waals surface area contributed by atoms with Gasteiger partial charge in [-0.25, -0.2) is 4.57 Å². The minimum Gasteiger partial charge on any atom is -0.457 e. The van der Waals surface area contributed by atoms with Crippen LogP contribution in [-0.2, 0) is 27.9 Å². The van der Waals surface area contributed by atoms with Crippen molar-refractivity contribution >= 4 is 13.8 Å². The number of carbonyl (C=O) groups excluding carboxylic acids is 1. The lowest BCUT2D eigenvalue weighted by Gasteiger charge is -2.20. The molecule has 0 aromatic rings. The highest BCUT2D eigenvalue weighted by Crippen LogP contribution is 2.43. The first-order valence-corrected chi connectivity index (χ1v) is 27.7.